The Morgan fingerprint density at radius 3 is 1.98 bits per heavy atom. The molecular formula is C39H47F3N10O6. The summed E-state index contributed by atoms with van der Waals surface area (Å²) in [5, 5.41) is 12.1. The van der Waals surface area contributed by atoms with E-state index in [1.54, 1.807) is 49.5 Å². The van der Waals surface area contributed by atoms with Gasteiger partial charge in [-0.3, -0.25) is 14.5 Å². The number of carbonyl (C=O) groups excluding carboxylic acids is 3. The molecule has 4 N–H and O–H groups in total. The van der Waals surface area contributed by atoms with E-state index in [2.05, 4.69) is 40.0 Å². The number of ether oxygens (including phenoxy) is 1. The highest BCUT2D eigenvalue weighted by molar-refractivity contribution is 5.87. The molecule has 2 saturated heterocycles. The smallest absolute Gasteiger partial charge is 0.435 e. The minimum Gasteiger partial charge on any atom is -0.465 e. The molecule has 0 unspecified atom stereocenters. The first kappa shape index (κ1) is 41.6. The molecule has 4 atom stereocenters. The Morgan fingerprint density at radius 1 is 0.845 bits per heavy atom. The van der Waals surface area contributed by atoms with Gasteiger partial charge in [-0.15, -0.1) is 0 Å². The van der Waals surface area contributed by atoms with Crippen molar-refractivity contribution in [1.82, 2.24) is 49.9 Å². The van der Waals surface area contributed by atoms with Crippen molar-refractivity contribution < 1.29 is 42.2 Å². The second-order valence-corrected chi connectivity index (χ2v) is 15.2. The van der Waals surface area contributed by atoms with Crippen LogP contribution in [-0.2, 0) is 20.5 Å². The Hall–Kier alpha value is -6.01. The van der Waals surface area contributed by atoms with Gasteiger partial charge < -0.3 is 34.9 Å². The number of nitrogens with zero attached hydrogens (tertiary/aromatic N) is 7. The number of methoxy groups -OCH3 is 1. The predicted octanol–water partition coefficient (Wildman–Crippen LogP) is 6.28. The van der Waals surface area contributed by atoms with Crippen molar-refractivity contribution in [2.45, 2.75) is 83.7 Å². The molecule has 2 aliphatic heterocycles. The fraction of sp³-hybridized carbons (Fsp3) is 0.487. The van der Waals surface area contributed by atoms with E-state index in [0.29, 0.717) is 54.3 Å². The maximum absolute atomic E-state index is 14.4. The number of aromatic nitrogens is 6. The summed E-state index contributed by atoms with van der Waals surface area (Å²) in [6, 6.07) is 3.33. The molecule has 0 saturated carbocycles. The van der Waals surface area contributed by atoms with Crippen LogP contribution < -0.4 is 5.32 Å². The van der Waals surface area contributed by atoms with Crippen molar-refractivity contribution in [2.75, 3.05) is 27.2 Å². The second kappa shape index (κ2) is 16.8. The topological polar surface area (TPSA) is 203 Å². The van der Waals surface area contributed by atoms with Gasteiger partial charge in [-0.2, -0.15) is 13.2 Å². The normalized spacial score (nSPS) is 18.1. The Balaban J connectivity index is 1.18. The van der Waals surface area contributed by atoms with Crippen LogP contribution in [0, 0.1) is 11.8 Å². The number of amides is 4. The zero-order valence-electron chi connectivity index (χ0n) is 33.0. The van der Waals surface area contributed by atoms with Crippen molar-refractivity contribution in [3.63, 3.8) is 0 Å². The van der Waals surface area contributed by atoms with Crippen molar-refractivity contribution in [3.05, 3.63) is 60.2 Å². The van der Waals surface area contributed by atoms with E-state index in [0.717, 1.165) is 11.3 Å². The first-order chi connectivity index (χ1) is 27.5. The largest absolute Gasteiger partial charge is 0.465 e. The van der Waals surface area contributed by atoms with E-state index in [9.17, 15) is 37.5 Å². The Bertz CT molecular complexity index is 2120. The Labute approximate surface area is 332 Å². The molecule has 2 fully saturated rings. The lowest BCUT2D eigenvalue weighted by Crippen LogP contribution is -2.51. The molecule has 0 aliphatic carbocycles. The number of imidazole rings is 2. The maximum atomic E-state index is 14.4. The van der Waals surface area contributed by atoms with Gasteiger partial charge in [0, 0.05) is 49.2 Å². The van der Waals surface area contributed by atoms with Gasteiger partial charge in [0.15, 0.2) is 11.5 Å². The molecule has 310 valence electrons. The fourth-order valence-electron chi connectivity index (χ4n) is 7.71. The van der Waals surface area contributed by atoms with E-state index in [1.165, 1.54) is 31.2 Å². The number of hydrogen-bond donors (Lipinski definition) is 4. The summed E-state index contributed by atoms with van der Waals surface area (Å²) < 4.78 is 47.9. The summed E-state index contributed by atoms with van der Waals surface area (Å²) in [4.78, 5) is 78.6. The molecule has 1 aromatic carbocycles. The van der Waals surface area contributed by atoms with E-state index in [4.69, 9.17) is 0 Å². The number of halogens is 3. The summed E-state index contributed by atoms with van der Waals surface area (Å²) in [6.45, 7) is 7.88. The van der Waals surface area contributed by atoms with Gasteiger partial charge in [0.2, 0.25) is 11.8 Å². The number of likely N-dealkylation sites (tertiary alicyclic amines) is 2. The summed E-state index contributed by atoms with van der Waals surface area (Å²) in [5.41, 5.74) is 0.624. The number of H-pyrrole nitrogens is 2. The summed E-state index contributed by atoms with van der Waals surface area (Å²) in [6.07, 6.45) is 0.346. The van der Waals surface area contributed by atoms with Crippen LogP contribution in [0.4, 0.5) is 22.8 Å². The minimum absolute atomic E-state index is 0.00325. The molecule has 19 heteroatoms. The number of nitrogens with one attached hydrogen (secondary N) is 3. The van der Waals surface area contributed by atoms with Crippen molar-refractivity contribution in [1.29, 1.82) is 0 Å². The number of likely N-dealkylation sites (N-methyl/N-ethyl adjacent to an activating group) is 1. The first-order valence-corrected chi connectivity index (χ1v) is 19.1. The third kappa shape index (κ3) is 8.47. The van der Waals surface area contributed by atoms with Gasteiger partial charge in [0.05, 0.1) is 36.8 Å². The number of carbonyl (C=O) groups is 4. The first-order valence-electron chi connectivity index (χ1n) is 19.1. The van der Waals surface area contributed by atoms with Gasteiger partial charge in [-0.05, 0) is 37.5 Å². The van der Waals surface area contributed by atoms with Crippen LogP contribution in [0.15, 0.2) is 42.9 Å². The fourth-order valence-corrected chi connectivity index (χ4v) is 7.71. The van der Waals surface area contributed by atoms with E-state index >= 15 is 0 Å². The van der Waals surface area contributed by atoms with Gasteiger partial charge >= 0.3 is 18.4 Å². The van der Waals surface area contributed by atoms with E-state index < -0.39 is 48.1 Å². The van der Waals surface area contributed by atoms with E-state index in [1.807, 2.05) is 13.8 Å². The van der Waals surface area contributed by atoms with Crippen LogP contribution in [0.5, 0.6) is 0 Å². The van der Waals surface area contributed by atoms with Crippen molar-refractivity contribution in [3.8, 4) is 33.9 Å². The van der Waals surface area contributed by atoms with Crippen LogP contribution in [0.25, 0.3) is 33.9 Å². The van der Waals surface area contributed by atoms with Gasteiger partial charge in [-0.25, -0.2) is 29.5 Å². The predicted molar refractivity (Wildman–Crippen MR) is 204 cm³/mol. The molecule has 16 nitrogen and oxygen atoms in total. The molecule has 4 amide bonds. The SMILES string of the molecule is COC(=O)N[C@H](C(=O)N1CCC[C@H]1c1nc(C(F)(F)F)c(-c2ccc(-c3ncc(-c4cnc([C@@H]5CCCN5C(=O)[C@H](C(C)C)N(C)C(=O)O)[nH]4)cn3)cc2)[nH]1)C(C)C. The Morgan fingerprint density at radius 2 is 1.43 bits per heavy atom. The highest BCUT2D eigenvalue weighted by Gasteiger charge is 2.43. The number of benzene rings is 1. The Kier molecular flexibility index (Phi) is 12.1. The average Bonchev–Trinajstić information content (AvgIpc) is 4.02. The highest BCUT2D eigenvalue weighted by atomic mass is 19.4. The van der Waals surface area contributed by atoms with Crippen molar-refractivity contribution >= 4 is 24.0 Å². The molecule has 0 spiro atoms. The quantitative estimate of drug-likeness (QED) is 0.134. The minimum atomic E-state index is -4.80. The van der Waals surface area contributed by atoms with Gasteiger partial charge in [0.1, 0.15) is 23.7 Å². The zero-order valence-corrected chi connectivity index (χ0v) is 33.0. The molecule has 58 heavy (non-hydrogen) atoms. The molecule has 0 radical (unpaired) electrons. The van der Waals surface area contributed by atoms with Crippen LogP contribution in [0.2, 0.25) is 0 Å². The lowest BCUT2D eigenvalue weighted by molar-refractivity contribution is -0.140. The maximum Gasteiger partial charge on any atom is 0.435 e. The van der Waals surface area contributed by atoms with Gasteiger partial charge in [-0.1, -0.05) is 52.0 Å². The molecule has 4 aromatic rings. The summed E-state index contributed by atoms with van der Waals surface area (Å²) in [5.74, 6) is -0.382. The standard InChI is InChI=1S/C39H47F3N10O6/c1-20(2)28(48-37(55)58-6)35(53)51-15-8-10-27(51)34-47-29(31(49-34)39(40,41)42)22-11-13-23(14-12-22)32-43-17-24(18-44-32)25-19-45-33(46-25)26-9-7-16-52(26)36(54)30(21(3)4)50(5)38(56)57/h11-14,17-21,26-28,30H,7-10,15-16H2,1-6H3,(H,45,46)(H,47,49)(H,48,55)(H,56,57)/t26-,27-,28-,30-/m0/s1. The number of alkyl halides is 3. The van der Waals surface area contributed by atoms with Crippen LogP contribution in [-0.4, -0.2) is 113 Å². The van der Waals surface area contributed by atoms with Crippen LogP contribution >= 0.6 is 0 Å². The summed E-state index contributed by atoms with van der Waals surface area (Å²) >= 11 is 0. The number of aromatic amines is 2. The number of alkyl carbamates (subject to hydrolysis) is 1. The lowest BCUT2D eigenvalue weighted by atomic mass is 10.0. The zero-order chi connectivity index (χ0) is 42.1. The van der Waals surface area contributed by atoms with E-state index in [-0.39, 0.29) is 47.4 Å². The van der Waals surface area contributed by atoms with Crippen LogP contribution in [0.3, 0.4) is 0 Å². The molecule has 0 bridgehead atoms. The third-order valence-electron chi connectivity index (χ3n) is 10.7. The summed E-state index contributed by atoms with van der Waals surface area (Å²) in [7, 11) is 2.58. The monoisotopic (exact) mass is 808 g/mol. The lowest BCUT2D eigenvalue weighted by Gasteiger charge is -2.33. The number of hydrogen-bond acceptors (Lipinski definition) is 9. The molecule has 5 heterocycles. The molecule has 6 rings (SSSR count). The number of rotatable bonds is 11. The highest BCUT2D eigenvalue weighted by Crippen LogP contribution is 2.40. The van der Waals surface area contributed by atoms with Gasteiger partial charge in [0.25, 0.3) is 0 Å². The number of carboxylic acid groups (broad SMARTS) is 1. The second-order valence-electron chi connectivity index (χ2n) is 15.2. The average molecular weight is 809 g/mol. The third-order valence-corrected chi connectivity index (χ3v) is 10.7. The molecular weight excluding hydrogens is 761 g/mol. The van der Waals surface area contributed by atoms with Crippen molar-refractivity contribution in [2.24, 2.45) is 11.8 Å². The molecule has 3 aromatic heterocycles. The van der Waals surface area contributed by atoms with Crippen LogP contribution in [0.1, 0.15) is 82.8 Å². The molecule has 2 aliphatic rings.